The second kappa shape index (κ2) is 7.32. The molecule has 1 aromatic heterocycles. The average Bonchev–Trinajstić information content (AvgIpc) is 2.55. The van der Waals surface area contributed by atoms with E-state index in [1.807, 2.05) is 0 Å². The SMILES string of the molecule is O=C(COC(=O)c1cccc([N+](=O)[O-])c1)Nc1cccnc1Cl. The van der Waals surface area contributed by atoms with Crippen LogP contribution in [0.25, 0.3) is 0 Å². The van der Waals surface area contributed by atoms with E-state index < -0.39 is 23.4 Å². The number of esters is 1. The van der Waals surface area contributed by atoms with Crippen molar-refractivity contribution >= 4 is 34.9 Å². The van der Waals surface area contributed by atoms with Gasteiger partial charge in [0.05, 0.1) is 16.2 Å². The Morgan fingerprint density at radius 2 is 2.09 bits per heavy atom. The van der Waals surface area contributed by atoms with Gasteiger partial charge in [0.2, 0.25) is 0 Å². The number of nitro benzene ring substituents is 1. The van der Waals surface area contributed by atoms with Gasteiger partial charge in [-0.2, -0.15) is 0 Å². The molecular formula is C14H10ClN3O5. The van der Waals surface area contributed by atoms with Gasteiger partial charge < -0.3 is 10.1 Å². The number of hydrogen-bond acceptors (Lipinski definition) is 6. The van der Waals surface area contributed by atoms with Gasteiger partial charge in [0.25, 0.3) is 11.6 Å². The number of ether oxygens (including phenoxy) is 1. The van der Waals surface area contributed by atoms with E-state index in [-0.39, 0.29) is 22.1 Å². The fourth-order valence-corrected chi connectivity index (χ4v) is 1.79. The van der Waals surface area contributed by atoms with E-state index in [0.717, 1.165) is 6.07 Å². The van der Waals surface area contributed by atoms with E-state index in [9.17, 15) is 19.7 Å². The van der Waals surface area contributed by atoms with Crippen LogP contribution in [0.2, 0.25) is 5.15 Å². The molecule has 1 heterocycles. The Morgan fingerprint density at radius 1 is 1.30 bits per heavy atom. The second-order valence-electron chi connectivity index (χ2n) is 4.27. The minimum Gasteiger partial charge on any atom is -0.452 e. The van der Waals surface area contributed by atoms with Gasteiger partial charge in [-0.15, -0.1) is 0 Å². The Balaban J connectivity index is 1.94. The monoisotopic (exact) mass is 335 g/mol. The van der Waals surface area contributed by atoms with Crippen LogP contribution < -0.4 is 5.32 Å². The third-order valence-corrected chi connectivity index (χ3v) is 2.96. The van der Waals surface area contributed by atoms with Gasteiger partial charge in [0.1, 0.15) is 0 Å². The van der Waals surface area contributed by atoms with Gasteiger partial charge in [-0.3, -0.25) is 14.9 Å². The summed E-state index contributed by atoms with van der Waals surface area (Å²) in [7, 11) is 0. The highest BCUT2D eigenvalue weighted by atomic mass is 35.5. The number of amides is 1. The van der Waals surface area contributed by atoms with E-state index in [2.05, 4.69) is 10.3 Å². The molecule has 1 aromatic carbocycles. The molecule has 0 aliphatic carbocycles. The summed E-state index contributed by atoms with van der Waals surface area (Å²) in [4.78, 5) is 37.3. The molecule has 0 atom stereocenters. The lowest BCUT2D eigenvalue weighted by Crippen LogP contribution is -2.21. The first-order valence-electron chi connectivity index (χ1n) is 6.29. The zero-order valence-electron chi connectivity index (χ0n) is 11.6. The standard InChI is InChI=1S/C14H10ClN3O5/c15-13-11(5-2-6-16-13)17-12(19)8-23-14(20)9-3-1-4-10(7-9)18(21)22/h1-7H,8H2,(H,17,19). The number of carbonyl (C=O) groups excluding carboxylic acids is 2. The number of nitrogens with zero attached hydrogens (tertiary/aromatic N) is 2. The molecule has 0 spiro atoms. The first-order chi connectivity index (χ1) is 11.0. The Hall–Kier alpha value is -3.00. The van der Waals surface area contributed by atoms with Crippen LogP contribution >= 0.6 is 11.6 Å². The number of aromatic nitrogens is 1. The van der Waals surface area contributed by atoms with Crippen LogP contribution in [-0.2, 0) is 9.53 Å². The van der Waals surface area contributed by atoms with Gasteiger partial charge in [0.15, 0.2) is 11.8 Å². The molecule has 0 saturated heterocycles. The number of benzene rings is 1. The zero-order valence-corrected chi connectivity index (χ0v) is 12.3. The van der Waals surface area contributed by atoms with Crippen LogP contribution in [0.3, 0.4) is 0 Å². The third-order valence-electron chi connectivity index (χ3n) is 2.66. The van der Waals surface area contributed by atoms with E-state index in [4.69, 9.17) is 16.3 Å². The average molecular weight is 336 g/mol. The zero-order chi connectivity index (χ0) is 16.8. The van der Waals surface area contributed by atoms with Crippen LogP contribution in [0.4, 0.5) is 11.4 Å². The summed E-state index contributed by atoms with van der Waals surface area (Å²) in [6.07, 6.45) is 1.46. The smallest absolute Gasteiger partial charge is 0.338 e. The Bertz CT molecular complexity index is 766. The summed E-state index contributed by atoms with van der Waals surface area (Å²) in [6, 6.07) is 8.13. The molecule has 0 fully saturated rings. The maximum Gasteiger partial charge on any atom is 0.338 e. The molecular weight excluding hydrogens is 326 g/mol. The Labute approximate surface area is 135 Å². The highest BCUT2D eigenvalue weighted by Gasteiger charge is 2.14. The maximum absolute atomic E-state index is 11.8. The van der Waals surface area contributed by atoms with Gasteiger partial charge >= 0.3 is 5.97 Å². The van der Waals surface area contributed by atoms with Crippen molar-refractivity contribution in [1.82, 2.24) is 4.98 Å². The maximum atomic E-state index is 11.8. The van der Waals surface area contributed by atoms with E-state index in [1.54, 1.807) is 6.07 Å². The summed E-state index contributed by atoms with van der Waals surface area (Å²) in [6.45, 7) is -0.563. The van der Waals surface area contributed by atoms with Crippen molar-refractivity contribution in [2.45, 2.75) is 0 Å². The van der Waals surface area contributed by atoms with Crippen molar-refractivity contribution in [3.8, 4) is 0 Å². The lowest BCUT2D eigenvalue weighted by Gasteiger charge is -2.07. The molecule has 8 nitrogen and oxygen atoms in total. The molecule has 2 rings (SSSR count). The van der Waals surface area contributed by atoms with Gasteiger partial charge in [-0.05, 0) is 18.2 Å². The Kier molecular flexibility index (Phi) is 5.21. The highest BCUT2D eigenvalue weighted by molar-refractivity contribution is 6.32. The molecule has 0 aliphatic rings. The van der Waals surface area contributed by atoms with Gasteiger partial charge in [0, 0.05) is 18.3 Å². The number of anilines is 1. The van der Waals surface area contributed by atoms with Crippen LogP contribution in [-0.4, -0.2) is 28.4 Å². The summed E-state index contributed by atoms with van der Waals surface area (Å²) >= 11 is 5.78. The number of halogens is 1. The van der Waals surface area contributed by atoms with E-state index in [1.165, 1.54) is 30.5 Å². The molecule has 118 valence electrons. The van der Waals surface area contributed by atoms with E-state index >= 15 is 0 Å². The molecule has 0 saturated carbocycles. The highest BCUT2D eigenvalue weighted by Crippen LogP contribution is 2.17. The first kappa shape index (κ1) is 16.4. The number of rotatable bonds is 5. The molecule has 23 heavy (non-hydrogen) atoms. The van der Waals surface area contributed by atoms with Crippen LogP contribution in [0.15, 0.2) is 42.6 Å². The van der Waals surface area contributed by atoms with Crippen molar-refractivity contribution in [3.63, 3.8) is 0 Å². The van der Waals surface area contributed by atoms with Gasteiger partial charge in [-0.25, -0.2) is 9.78 Å². The molecule has 2 aromatic rings. The minimum atomic E-state index is -0.846. The summed E-state index contributed by atoms with van der Waals surface area (Å²) < 4.78 is 4.80. The van der Waals surface area contributed by atoms with Gasteiger partial charge in [-0.1, -0.05) is 17.7 Å². The van der Waals surface area contributed by atoms with Crippen LogP contribution in [0.5, 0.6) is 0 Å². The van der Waals surface area contributed by atoms with Crippen molar-refractivity contribution in [1.29, 1.82) is 0 Å². The molecule has 9 heteroatoms. The summed E-state index contributed by atoms with van der Waals surface area (Å²) in [5, 5.41) is 13.2. The second-order valence-corrected chi connectivity index (χ2v) is 4.63. The lowest BCUT2D eigenvalue weighted by atomic mass is 10.2. The molecule has 0 radical (unpaired) electrons. The number of nitro groups is 1. The largest absolute Gasteiger partial charge is 0.452 e. The quantitative estimate of drug-likeness (QED) is 0.389. The molecule has 0 bridgehead atoms. The normalized spacial score (nSPS) is 9.96. The minimum absolute atomic E-state index is 0.0218. The number of nitrogens with one attached hydrogen (secondary N) is 1. The molecule has 0 unspecified atom stereocenters. The number of carbonyl (C=O) groups is 2. The lowest BCUT2D eigenvalue weighted by molar-refractivity contribution is -0.384. The first-order valence-corrected chi connectivity index (χ1v) is 6.67. The van der Waals surface area contributed by atoms with Crippen LogP contribution in [0.1, 0.15) is 10.4 Å². The summed E-state index contributed by atoms with van der Waals surface area (Å²) in [5.74, 6) is -1.46. The van der Waals surface area contributed by atoms with Crippen molar-refractivity contribution in [2.75, 3.05) is 11.9 Å². The topological polar surface area (TPSA) is 111 Å². The summed E-state index contributed by atoms with van der Waals surface area (Å²) in [5.41, 5.74) is 0.0167. The number of hydrogen-bond donors (Lipinski definition) is 1. The van der Waals surface area contributed by atoms with Crippen molar-refractivity contribution in [3.05, 3.63) is 63.4 Å². The van der Waals surface area contributed by atoms with Crippen molar-refractivity contribution < 1.29 is 19.2 Å². The Morgan fingerprint density at radius 3 is 2.78 bits per heavy atom. The predicted octanol–water partition coefficient (Wildman–Crippen LogP) is 2.44. The third kappa shape index (κ3) is 4.48. The fourth-order valence-electron chi connectivity index (χ4n) is 1.63. The van der Waals surface area contributed by atoms with E-state index in [0.29, 0.717) is 0 Å². The van der Waals surface area contributed by atoms with Crippen LogP contribution in [0, 0.1) is 10.1 Å². The van der Waals surface area contributed by atoms with Crippen molar-refractivity contribution in [2.24, 2.45) is 0 Å². The number of non-ortho nitro benzene ring substituents is 1. The molecule has 0 aliphatic heterocycles. The number of pyridine rings is 1. The molecule has 1 amide bonds. The molecule has 1 N–H and O–H groups in total. The predicted molar refractivity (Wildman–Crippen MR) is 81.3 cm³/mol. The fraction of sp³-hybridized carbons (Fsp3) is 0.0714.